The maximum atomic E-state index is 14.8. The van der Waals surface area contributed by atoms with Crippen molar-refractivity contribution in [3.8, 4) is 11.4 Å². The fraction of sp³-hybridized carbons (Fsp3) is 0.195. The van der Waals surface area contributed by atoms with Crippen molar-refractivity contribution in [2.45, 2.75) is 59.6 Å². The van der Waals surface area contributed by atoms with E-state index >= 15 is 0 Å². The molecule has 1 aliphatic carbocycles. The fourth-order valence-electron chi connectivity index (χ4n) is 5.38. The minimum Gasteiger partial charge on any atom is -0.419 e. The summed E-state index contributed by atoms with van der Waals surface area (Å²) in [6.07, 6.45) is 20.7. The second-order valence-electron chi connectivity index (χ2n) is 13.6. The first kappa shape index (κ1) is 50.1. The molecular formula is C41H39Br2F3N6O7P2S2. The number of alkyl halides is 3. The number of hydrogen-bond acceptors (Lipinski definition) is 10. The topological polar surface area (TPSA) is 197 Å². The molecule has 3 heterocycles. The molecule has 0 amide bonds. The molecule has 5 aromatic rings. The van der Waals surface area contributed by atoms with Crippen molar-refractivity contribution in [1.82, 2.24) is 25.0 Å². The van der Waals surface area contributed by atoms with Crippen LogP contribution in [0.2, 0.25) is 0 Å². The van der Waals surface area contributed by atoms with Crippen molar-refractivity contribution in [3.05, 3.63) is 159 Å². The van der Waals surface area contributed by atoms with Crippen LogP contribution in [0.1, 0.15) is 48.9 Å². The van der Waals surface area contributed by atoms with Crippen LogP contribution in [0, 0.1) is 0 Å². The largest absolute Gasteiger partial charge is 0.419 e. The Morgan fingerprint density at radius 1 is 0.825 bits per heavy atom. The van der Waals surface area contributed by atoms with Crippen LogP contribution in [0.3, 0.4) is 0 Å². The molecule has 2 aromatic heterocycles. The van der Waals surface area contributed by atoms with E-state index < -0.39 is 31.8 Å². The van der Waals surface area contributed by atoms with E-state index in [4.69, 9.17) is 24.3 Å². The Balaban J connectivity index is 0.000000217. The van der Waals surface area contributed by atoms with Gasteiger partial charge < -0.3 is 24.0 Å². The van der Waals surface area contributed by atoms with Gasteiger partial charge in [0.15, 0.2) is 5.82 Å². The summed E-state index contributed by atoms with van der Waals surface area (Å²) in [5.74, 6) is 1.61. The Morgan fingerprint density at radius 3 is 2.11 bits per heavy atom. The molecular weight excluding hydrogens is 1030 g/mol. The summed E-state index contributed by atoms with van der Waals surface area (Å²) in [5, 5.41) is 10.0. The van der Waals surface area contributed by atoms with Gasteiger partial charge in [0.1, 0.15) is 0 Å². The van der Waals surface area contributed by atoms with Gasteiger partial charge in [0.25, 0.3) is 5.22 Å². The number of hydrogen-bond donors (Lipinski definition) is 4. The predicted molar refractivity (Wildman–Crippen MR) is 247 cm³/mol. The second kappa shape index (κ2) is 22.3. The number of allylic oxidation sites excluding steroid dienone is 9. The number of halogens is 5. The number of benzene rings is 3. The van der Waals surface area contributed by atoms with Gasteiger partial charge in [0.05, 0.1) is 0 Å². The van der Waals surface area contributed by atoms with E-state index in [-0.39, 0.29) is 10.0 Å². The molecule has 7 rings (SSSR count). The molecule has 1 atom stereocenters. The molecule has 63 heavy (non-hydrogen) atoms. The summed E-state index contributed by atoms with van der Waals surface area (Å²) in [7, 11) is -10.6. The predicted octanol–water partition coefficient (Wildman–Crippen LogP) is 11.9. The van der Waals surface area contributed by atoms with Crippen LogP contribution in [0.15, 0.2) is 156 Å². The number of rotatable bonds is 12. The SMILES string of the molecule is CC(F)(c1ccc(CSc2nc(-c3ccccc3)n(C3=CC=CC=CC3)n2)cc1Br)P(=O)(O)O.CC1=CC=NC=CC1.O=P(O)(O)C(F)(F)c1ccc(CSc2nnco2)cc1Br. The van der Waals surface area contributed by atoms with Crippen molar-refractivity contribution in [3.63, 3.8) is 0 Å². The second-order valence-corrected chi connectivity index (χ2v) is 20.7. The molecule has 3 aromatic carbocycles. The van der Waals surface area contributed by atoms with Gasteiger partial charge in [-0.05, 0) is 55.7 Å². The molecule has 4 N–H and O–H groups in total. The average Bonchev–Trinajstić information content (AvgIpc) is 3.75. The number of aliphatic imine (C=N–C) groups is 1. The Hall–Kier alpha value is -3.94. The Labute approximate surface area is 386 Å². The van der Waals surface area contributed by atoms with E-state index in [0.717, 1.165) is 48.5 Å². The van der Waals surface area contributed by atoms with Gasteiger partial charge >= 0.3 is 20.9 Å². The monoisotopic (exact) mass is 1070 g/mol. The van der Waals surface area contributed by atoms with Crippen LogP contribution in [-0.2, 0) is 31.7 Å². The summed E-state index contributed by atoms with van der Waals surface area (Å²) < 4.78 is 71.4. The van der Waals surface area contributed by atoms with E-state index in [0.29, 0.717) is 31.9 Å². The standard InChI is InChI=1S/C24H22BrFN3O3PS.C10H8BrF2N2O4PS.C7H9N/c1-24(26,33(30,31)32)20-14-13-17(15-21(20)25)16-34-23-27-22(18-9-5-4-6-10-18)29(28-23)19-11-7-2-3-8-12-19;11-8-3-6(4-21-9-15-14-5-19-9)1-2-7(8)10(12,13)20(16,17)18;1-7-3-2-5-8-6-4-7/h2-11,13-15H,12,16H2,1H3,(H2,30,31,32);1-3,5H,4H2,(H2,16,17,18);2,4-6H,3H2,1H3. The maximum Gasteiger partial charge on any atom is 0.399 e. The third kappa shape index (κ3) is 13.8. The lowest BCUT2D eigenvalue weighted by molar-refractivity contribution is 0.0557. The molecule has 0 spiro atoms. The third-order valence-electron chi connectivity index (χ3n) is 8.81. The van der Waals surface area contributed by atoms with Crippen LogP contribution >= 0.6 is 70.6 Å². The lowest BCUT2D eigenvalue weighted by atomic mass is 10.1. The molecule has 13 nitrogen and oxygen atoms in total. The molecule has 0 radical (unpaired) electrons. The van der Waals surface area contributed by atoms with E-state index in [9.17, 15) is 32.1 Å². The van der Waals surface area contributed by atoms with E-state index in [1.165, 1.54) is 53.7 Å². The Kier molecular flexibility index (Phi) is 17.7. The van der Waals surface area contributed by atoms with Gasteiger partial charge in [-0.3, -0.25) is 14.1 Å². The summed E-state index contributed by atoms with van der Waals surface area (Å²) in [6, 6.07) is 18.2. The number of thioether (sulfide) groups is 2. The number of aromatic nitrogens is 5. The highest BCUT2D eigenvalue weighted by Gasteiger charge is 2.51. The Morgan fingerprint density at radius 2 is 1.49 bits per heavy atom. The average molecular weight is 1070 g/mol. The van der Waals surface area contributed by atoms with E-state index in [1.807, 2.05) is 77.8 Å². The third-order valence-corrected chi connectivity index (χ3v) is 14.2. The highest BCUT2D eigenvalue weighted by molar-refractivity contribution is 9.10. The molecule has 1 aliphatic heterocycles. The lowest BCUT2D eigenvalue weighted by Crippen LogP contribution is -2.16. The first-order valence-electron chi connectivity index (χ1n) is 18.4. The quantitative estimate of drug-likeness (QED) is 0.0681. The van der Waals surface area contributed by atoms with Crippen molar-refractivity contribution in [2.75, 3.05) is 0 Å². The van der Waals surface area contributed by atoms with Crippen molar-refractivity contribution in [2.24, 2.45) is 4.99 Å². The molecule has 0 saturated heterocycles. The zero-order valence-electron chi connectivity index (χ0n) is 33.3. The molecule has 332 valence electrons. The van der Waals surface area contributed by atoms with Crippen LogP contribution in [0.5, 0.6) is 0 Å². The van der Waals surface area contributed by atoms with Gasteiger partial charge in [0, 0.05) is 61.7 Å². The summed E-state index contributed by atoms with van der Waals surface area (Å²) in [5.41, 5.74) is -0.310. The molecule has 0 saturated carbocycles. The van der Waals surface area contributed by atoms with Crippen molar-refractivity contribution in [1.29, 1.82) is 0 Å². The highest BCUT2D eigenvalue weighted by atomic mass is 79.9. The van der Waals surface area contributed by atoms with Gasteiger partial charge in [0.2, 0.25) is 17.0 Å². The lowest BCUT2D eigenvalue weighted by Gasteiger charge is -2.23. The van der Waals surface area contributed by atoms with Crippen LogP contribution in [-0.4, -0.2) is 50.8 Å². The van der Waals surface area contributed by atoms with Gasteiger partial charge in [-0.25, -0.2) is 14.1 Å². The Bertz CT molecular complexity index is 2650. The van der Waals surface area contributed by atoms with Crippen LogP contribution in [0.4, 0.5) is 13.2 Å². The van der Waals surface area contributed by atoms with Crippen molar-refractivity contribution >= 4 is 82.5 Å². The first-order chi connectivity index (χ1) is 29.8. The highest BCUT2D eigenvalue weighted by Crippen LogP contribution is 2.61. The zero-order valence-corrected chi connectivity index (χ0v) is 39.8. The molecule has 22 heteroatoms. The normalized spacial score (nSPS) is 14.9. The number of nitrogens with zero attached hydrogens (tertiary/aromatic N) is 6. The maximum absolute atomic E-state index is 14.8. The minimum absolute atomic E-state index is 0.0838. The van der Waals surface area contributed by atoms with E-state index in [2.05, 4.69) is 66.1 Å². The zero-order chi connectivity index (χ0) is 45.8. The van der Waals surface area contributed by atoms with Crippen molar-refractivity contribution < 1.29 is 46.3 Å². The molecule has 0 bridgehead atoms. The van der Waals surface area contributed by atoms with Crippen LogP contribution < -0.4 is 0 Å². The molecule has 1 unspecified atom stereocenters. The smallest absolute Gasteiger partial charge is 0.399 e. The fourth-order valence-corrected chi connectivity index (χ4v) is 9.63. The summed E-state index contributed by atoms with van der Waals surface area (Å²) in [6.45, 7) is 2.98. The van der Waals surface area contributed by atoms with E-state index in [1.54, 1.807) is 12.1 Å². The van der Waals surface area contributed by atoms with Gasteiger partial charge in [-0.2, -0.15) is 8.78 Å². The summed E-state index contributed by atoms with van der Waals surface area (Å²) >= 11 is 8.80. The molecule has 0 fully saturated rings. The minimum atomic E-state index is -5.59. The first-order valence-corrected chi connectivity index (χ1v) is 25.2. The van der Waals surface area contributed by atoms with Gasteiger partial charge in [-0.1, -0.05) is 146 Å². The van der Waals surface area contributed by atoms with Gasteiger partial charge in [-0.15, -0.1) is 15.3 Å². The molecule has 2 aliphatic rings. The van der Waals surface area contributed by atoms with Crippen LogP contribution in [0.25, 0.3) is 17.1 Å². The summed E-state index contributed by atoms with van der Waals surface area (Å²) in [4.78, 5) is 44.9.